The van der Waals surface area contributed by atoms with E-state index in [4.69, 9.17) is 0 Å². The van der Waals surface area contributed by atoms with Crippen molar-refractivity contribution in [3.8, 4) is 0 Å². The van der Waals surface area contributed by atoms with Crippen LogP contribution in [0.4, 0.5) is 4.79 Å². The summed E-state index contributed by atoms with van der Waals surface area (Å²) in [5.41, 5.74) is 2.18. The Kier molecular flexibility index (Phi) is 2.96. The highest BCUT2D eigenvalue weighted by atomic mass is 16.2. The number of dihydropyridines is 1. The number of hydrogen-bond acceptors (Lipinski definition) is 3. The fourth-order valence-corrected chi connectivity index (χ4v) is 3.18. The van der Waals surface area contributed by atoms with Crippen molar-refractivity contribution in [1.29, 1.82) is 0 Å². The fourth-order valence-electron chi connectivity index (χ4n) is 3.18. The number of aromatic nitrogens is 1. The van der Waals surface area contributed by atoms with Gasteiger partial charge in [0.1, 0.15) is 6.04 Å². The van der Waals surface area contributed by atoms with Crippen molar-refractivity contribution in [1.82, 2.24) is 15.2 Å². The van der Waals surface area contributed by atoms with Gasteiger partial charge in [-0.2, -0.15) is 4.99 Å². The van der Waals surface area contributed by atoms with Crippen molar-refractivity contribution in [3.63, 3.8) is 0 Å². The third kappa shape index (κ3) is 2.21. The number of aliphatic imine (C=N–C) groups is 2. The maximum Gasteiger partial charge on any atom is 0.343 e. The Morgan fingerprint density at radius 2 is 2.14 bits per heavy atom. The summed E-state index contributed by atoms with van der Waals surface area (Å²) in [7, 11) is 0. The molecular formula is C15H17N5O. The van der Waals surface area contributed by atoms with Gasteiger partial charge in [-0.05, 0) is 49.2 Å². The lowest BCUT2D eigenvalue weighted by atomic mass is 9.99. The van der Waals surface area contributed by atoms with Crippen molar-refractivity contribution < 1.29 is 4.79 Å². The predicted molar refractivity (Wildman–Crippen MR) is 81.8 cm³/mol. The van der Waals surface area contributed by atoms with E-state index in [2.05, 4.69) is 43.6 Å². The SMILES string of the molecule is O=C1N=C2N=CC=C(c3ccn(C4CCNCC4)c3)C2N1. The Balaban J connectivity index is 1.61. The standard InChI is InChI=1S/C15H17N5O/c21-15-18-13-12(3-7-17-14(13)19-15)10-4-8-20(9-10)11-1-5-16-6-2-11/h3-4,7-9,11,13,16H,1-2,5-6H2,(H,18,21). The minimum atomic E-state index is -0.308. The van der Waals surface area contributed by atoms with Crippen molar-refractivity contribution in [2.24, 2.45) is 9.98 Å². The molecule has 4 heterocycles. The van der Waals surface area contributed by atoms with Crippen LogP contribution in [-0.4, -0.2) is 41.8 Å². The first kappa shape index (κ1) is 12.5. The maximum atomic E-state index is 11.4. The number of nitrogens with one attached hydrogen (secondary N) is 2. The highest BCUT2D eigenvalue weighted by Crippen LogP contribution is 2.27. The Morgan fingerprint density at radius 3 is 3.00 bits per heavy atom. The van der Waals surface area contributed by atoms with Gasteiger partial charge in [0, 0.05) is 24.7 Å². The molecule has 0 aromatic carbocycles. The summed E-state index contributed by atoms with van der Waals surface area (Å²) < 4.78 is 2.29. The first-order valence-electron chi connectivity index (χ1n) is 7.33. The molecule has 0 bridgehead atoms. The third-order valence-electron chi connectivity index (χ3n) is 4.29. The zero-order valence-electron chi connectivity index (χ0n) is 11.6. The number of amides is 2. The molecule has 0 saturated carbocycles. The second kappa shape index (κ2) is 4.96. The molecule has 0 radical (unpaired) electrons. The van der Waals surface area contributed by atoms with Crippen molar-refractivity contribution in [2.45, 2.75) is 24.9 Å². The molecule has 6 heteroatoms. The van der Waals surface area contributed by atoms with Crippen LogP contribution in [0.3, 0.4) is 0 Å². The lowest BCUT2D eigenvalue weighted by molar-refractivity contribution is 0.251. The molecule has 1 atom stereocenters. The van der Waals surface area contributed by atoms with Crippen molar-refractivity contribution >= 4 is 23.7 Å². The largest absolute Gasteiger partial charge is 0.351 e. The van der Waals surface area contributed by atoms with E-state index in [9.17, 15) is 4.79 Å². The first-order chi connectivity index (χ1) is 10.3. The van der Waals surface area contributed by atoms with Gasteiger partial charge in [-0.15, -0.1) is 0 Å². The highest BCUT2D eigenvalue weighted by Gasteiger charge is 2.31. The van der Waals surface area contributed by atoms with Crippen LogP contribution >= 0.6 is 0 Å². The van der Waals surface area contributed by atoms with Gasteiger partial charge < -0.3 is 15.2 Å². The van der Waals surface area contributed by atoms with E-state index in [0.717, 1.165) is 37.1 Å². The number of piperidine rings is 1. The molecule has 2 amide bonds. The summed E-state index contributed by atoms with van der Waals surface area (Å²) in [6.07, 6.45) is 10.3. The topological polar surface area (TPSA) is 70.8 Å². The lowest BCUT2D eigenvalue weighted by Crippen LogP contribution is -2.33. The summed E-state index contributed by atoms with van der Waals surface area (Å²) in [6.45, 7) is 2.14. The molecule has 1 saturated heterocycles. The van der Waals surface area contributed by atoms with E-state index in [0.29, 0.717) is 11.9 Å². The molecule has 0 spiro atoms. The maximum absolute atomic E-state index is 11.4. The van der Waals surface area contributed by atoms with Gasteiger partial charge in [0.25, 0.3) is 0 Å². The predicted octanol–water partition coefficient (Wildman–Crippen LogP) is 1.37. The Morgan fingerprint density at radius 1 is 1.29 bits per heavy atom. The number of amidine groups is 1. The minimum Gasteiger partial charge on any atom is -0.351 e. The molecule has 0 aliphatic carbocycles. The van der Waals surface area contributed by atoms with E-state index >= 15 is 0 Å². The Labute approximate surface area is 122 Å². The van der Waals surface area contributed by atoms with Crippen LogP contribution in [0.25, 0.3) is 5.57 Å². The van der Waals surface area contributed by atoms with Crippen LogP contribution in [0.5, 0.6) is 0 Å². The number of carbonyl (C=O) groups excluding carboxylic acids is 1. The molecule has 2 N–H and O–H groups in total. The van der Waals surface area contributed by atoms with Gasteiger partial charge in [-0.25, -0.2) is 9.79 Å². The third-order valence-corrected chi connectivity index (χ3v) is 4.29. The van der Waals surface area contributed by atoms with E-state index in [-0.39, 0.29) is 12.1 Å². The van der Waals surface area contributed by atoms with Crippen LogP contribution in [0, 0.1) is 0 Å². The second-order valence-electron chi connectivity index (χ2n) is 5.58. The molecule has 6 nitrogen and oxygen atoms in total. The number of allylic oxidation sites excluding steroid dienone is 1. The van der Waals surface area contributed by atoms with Gasteiger partial charge in [0.2, 0.25) is 0 Å². The molecule has 4 rings (SSSR count). The van der Waals surface area contributed by atoms with Crippen LogP contribution in [-0.2, 0) is 0 Å². The monoisotopic (exact) mass is 283 g/mol. The fraction of sp³-hybridized carbons (Fsp3) is 0.400. The number of hydrogen-bond donors (Lipinski definition) is 2. The number of rotatable bonds is 2. The highest BCUT2D eigenvalue weighted by molar-refractivity contribution is 6.17. The van der Waals surface area contributed by atoms with Crippen LogP contribution in [0.15, 0.2) is 34.5 Å². The van der Waals surface area contributed by atoms with Crippen LogP contribution in [0.1, 0.15) is 24.4 Å². The lowest BCUT2D eigenvalue weighted by Gasteiger charge is -2.24. The minimum absolute atomic E-state index is 0.202. The van der Waals surface area contributed by atoms with E-state index in [1.54, 1.807) is 6.21 Å². The summed E-state index contributed by atoms with van der Waals surface area (Å²) in [5.74, 6) is 0.562. The molecule has 1 unspecified atom stereocenters. The average Bonchev–Trinajstić information content (AvgIpc) is 3.13. The van der Waals surface area contributed by atoms with Gasteiger partial charge in [0.05, 0.1) is 0 Å². The molecule has 1 aromatic heterocycles. The van der Waals surface area contributed by atoms with Crippen LogP contribution in [0.2, 0.25) is 0 Å². The molecule has 21 heavy (non-hydrogen) atoms. The quantitative estimate of drug-likeness (QED) is 0.860. The zero-order chi connectivity index (χ0) is 14.2. The van der Waals surface area contributed by atoms with Gasteiger partial charge in [-0.3, -0.25) is 0 Å². The second-order valence-corrected chi connectivity index (χ2v) is 5.58. The number of carbonyl (C=O) groups is 1. The average molecular weight is 283 g/mol. The zero-order valence-corrected chi connectivity index (χ0v) is 11.6. The van der Waals surface area contributed by atoms with Gasteiger partial charge >= 0.3 is 6.03 Å². The molecule has 108 valence electrons. The molecular weight excluding hydrogens is 266 g/mol. The van der Waals surface area contributed by atoms with Crippen molar-refractivity contribution in [2.75, 3.05) is 13.1 Å². The van der Waals surface area contributed by atoms with E-state index < -0.39 is 0 Å². The Hall–Kier alpha value is -2.21. The smallest absolute Gasteiger partial charge is 0.343 e. The van der Waals surface area contributed by atoms with Gasteiger partial charge in [-0.1, -0.05) is 0 Å². The Bertz CT molecular complexity index is 663. The molecule has 3 aliphatic heterocycles. The molecule has 1 fully saturated rings. The van der Waals surface area contributed by atoms with Gasteiger partial charge in [0.15, 0.2) is 5.84 Å². The molecule has 3 aliphatic rings. The summed E-state index contributed by atoms with van der Waals surface area (Å²) >= 11 is 0. The van der Waals surface area contributed by atoms with E-state index in [1.165, 1.54) is 0 Å². The normalized spacial score (nSPS) is 25.3. The first-order valence-corrected chi connectivity index (χ1v) is 7.33. The number of fused-ring (bicyclic) bond motifs is 1. The number of nitrogens with zero attached hydrogens (tertiary/aromatic N) is 3. The molecule has 1 aromatic rings. The van der Waals surface area contributed by atoms with Crippen molar-refractivity contribution in [3.05, 3.63) is 30.1 Å². The summed E-state index contributed by atoms with van der Waals surface area (Å²) in [4.78, 5) is 19.5. The van der Waals surface area contributed by atoms with Crippen LogP contribution < -0.4 is 10.6 Å². The summed E-state index contributed by atoms with van der Waals surface area (Å²) in [5, 5.41) is 6.23. The van der Waals surface area contributed by atoms with E-state index in [1.807, 2.05) is 6.08 Å². The number of urea groups is 1. The summed E-state index contributed by atoms with van der Waals surface area (Å²) in [6, 6.07) is 2.16.